The molecule has 1 aliphatic carbocycles. The third kappa shape index (κ3) is 4.59. The molecule has 4 rings (SSSR count). The second-order valence-corrected chi connectivity index (χ2v) is 8.97. The number of thioether (sulfide) groups is 1. The number of carbonyl (C=O) groups is 1. The number of hydrogen-bond donors (Lipinski definition) is 1. The van der Waals surface area contributed by atoms with Gasteiger partial charge in [-0.3, -0.25) is 4.79 Å². The quantitative estimate of drug-likeness (QED) is 0.327. The van der Waals surface area contributed by atoms with Crippen LogP contribution in [0, 0.1) is 17.6 Å². The molecule has 0 saturated carbocycles. The van der Waals surface area contributed by atoms with Crippen LogP contribution in [0.2, 0.25) is 0 Å². The van der Waals surface area contributed by atoms with Crippen molar-refractivity contribution in [3.63, 3.8) is 0 Å². The largest absolute Gasteiger partial charge is 0.481 e. The minimum absolute atomic E-state index is 0.0547. The lowest BCUT2D eigenvalue weighted by Crippen LogP contribution is -2.14. The van der Waals surface area contributed by atoms with Crippen molar-refractivity contribution < 1.29 is 31.9 Å². The van der Waals surface area contributed by atoms with Crippen molar-refractivity contribution in [1.29, 1.82) is 0 Å². The van der Waals surface area contributed by atoms with Crippen molar-refractivity contribution in [2.24, 2.45) is 5.92 Å². The number of aliphatic carboxylic acids is 1. The van der Waals surface area contributed by atoms with Crippen molar-refractivity contribution in [3.05, 3.63) is 82.5 Å². The van der Waals surface area contributed by atoms with E-state index in [1.54, 1.807) is 6.07 Å². The number of benzene rings is 2. The van der Waals surface area contributed by atoms with Crippen molar-refractivity contribution in [2.75, 3.05) is 0 Å². The Morgan fingerprint density at radius 1 is 1.15 bits per heavy atom. The van der Waals surface area contributed by atoms with Gasteiger partial charge in [-0.25, -0.2) is 13.8 Å². The predicted molar refractivity (Wildman–Crippen MR) is 114 cm³/mol. The van der Waals surface area contributed by atoms with Gasteiger partial charge in [-0.2, -0.15) is 13.2 Å². The first-order valence-corrected chi connectivity index (χ1v) is 11.0. The summed E-state index contributed by atoms with van der Waals surface area (Å²) in [5.74, 6) is -3.22. The fraction of sp³-hybridized carbons (Fsp3) is 0.250. The van der Waals surface area contributed by atoms with Crippen LogP contribution in [-0.4, -0.2) is 16.1 Å². The monoisotopic (exact) mass is 479 g/mol. The highest BCUT2D eigenvalue weighted by Crippen LogP contribution is 2.41. The maximum Gasteiger partial charge on any atom is 0.417 e. The smallest absolute Gasteiger partial charge is 0.417 e. The maximum atomic E-state index is 14.4. The van der Waals surface area contributed by atoms with Crippen LogP contribution in [0.5, 0.6) is 0 Å². The summed E-state index contributed by atoms with van der Waals surface area (Å²) in [4.78, 5) is 15.8. The molecule has 2 aromatic carbocycles. The molecule has 3 nitrogen and oxygen atoms in total. The molecule has 172 valence electrons. The van der Waals surface area contributed by atoms with Gasteiger partial charge in [-0.15, -0.1) is 11.8 Å². The minimum Gasteiger partial charge on any atom is -0.481 e. The molecule has 0 amide bonds. The summed E-state index contributed by atoms with van der Waals surface area (Å²) in [7, 11) is 0. The predicted octanol–water partition coefficient (Wildman–Crippen LogP) is 6.70. The van der Waals surface area contributed by atoms with E-state index >= 15 is 0 Å². The van der Waals surface area contributed by atoms with Crippen molar-refractivity contribution in [1.82, 2.24) is 4.98 Å². The number of rotatable bonds is 5. The Hall–Kier alpha value is -2.94. The summed E-state index contributed by atoms with van der Waals surface area (Å²) in [6.07, 6.45) is -2.67. The zero-order chi connectivity index (χ0) is 23.9. The molecule has 0 bridgehead atoms. The van der Waals surface area contributed by atoms with Gasteiger partial charge in [0.1, 0.15) is 11.6 Å². The second kappa shape index (κ2) is 8.78. The summed E-state index contributed by atoms with van der Waals surface area (Å²) in [5, 5.41) is 9.96. The average molecular weight is 479 g/mol. The van der Waals surface area contributed by atoms with Crippen molar-refractivity contribution in [2.45, 2.75) is 36.2 Å². The zero-order valence-corrected chi connectivity index (χ0v) is 18.1. The van der Waals surface area contributed by atoms with Gasteiger partial charge in [-0.05, 0) is 64.9 Å². The molecule has 2 unspecified atom stereocenters. The Morgan fingerprint density at radius 3 is 2.61 bits per heavy atom. The lowest BCUT2D eigenvalue weighted by molar-refractivity contribution is -0.140. The van der Waals surface area contributed by atoms with E-state index in [0.29, 0.717) is 17.0 Å². The summed E-state index contributed by atoms with van der Waals surface area (Å²) in [6, 6.07) is 7.83. The molecule has 0 spiro atoms. The molecular weight excluding hydrogens is 461 g/mol. The summed E-state index contributed by atoms with van der Waals surface area (Å²) in [5.41, 5.74) is -0.198. The van der Waals surface area contributed by atoms with Crippen LogP contribution >= 0.6 is 11.8 Å². The second-order valence-electron chi connectivity index (χ2n) is 7.97. The van der Waals surface area contributed by atoms with E-state index in [0.717, 1.165) is 35.9 Å². The van der Waals surface area contributed by atoms with Crippen molar-refractivity contribution >= 4 is 17.7 Å². The van der Waals surface area contributed by atoms with E-state index in [1.165, 1.54) is 24.0 Å². The highest BCUT2D eigenvalue weighted by atomic mass is 32.2. The van der Waals surface area contributed by atoms with Gasteiger partial charge in [-0.1, -0.05) is 19.1 Å². The Morgan fingerprint density at radius 2 is 1.91 bits per heavy atom. The lowest BCUT2D eigenvalue weighted by Gasteiger charge is -2.15. The van der Waals surface area contributed by atoms with Crippen molar-refractivity contribution in [3.8, 4) is 11.1 Å². The van der Waals surface area contributed by atoms with Gasteiger partial charge < -0.3 is 5.11 Å². The van der Waals surface area contributed by atoms with Crippen LogP contribution in [0.15, 0.2) is 53.7 Å². The minimum atomic E-state index is -4.76. The topological polar surface area (TPSA) is 50.2 Å². The van der Waals surface area contributed by atoms with Gasteiger partial charge in [0, 0.05) is 17.5 Å². The Labute approximate surface area is 190 Å². The molecule has 2 atom stereocenters. The Bertz CT molecular complexity index is 1230. The first-order chi connectivity index (χ1) is 15.6. The highest BCUT2D eigenvalue weighted by Gasteiger charge is 2.36. The van der Waals surface area contributed by atoms with Gasteiger partial charge in [0.15, 0.2) is 0 Å². The number of fused-ring (bicyclic) bond motifs is 1. The molecule has 0 aliphatic heterocycles. The van der Waals surface area contributed by atoms with E-state index in [2.05, 4.69) is 4.98 Å². The number of alkyl halides is 3. The summed E-state index contributed by atoms with van der Waals surface area (Å²) < 4.78 is 68.9. The maximum absolute atomic E-state index is 14.4. The van der Waals surface area contributed by atoms with Crippen LogP contribution in [0.4, 0.5) is 22.0 Å². The molecule has 0 saturated heterocycles. The van der Waals surface area contributed by atoms with E-state index in [-0.39, 0.29) is 22.8 Å². The number of nitrogens with zero attached hydrogens (tertiary/aromatic N) is 1. The van der Waals surface area contributed by atoms with E-state index in [9.17, 15) is 31.9 Å². The highest BCUT2D eigenvalue weighted by molar-refractivity contribution is 7.98. The number of carboxylic acids is 1. The molecule has 0 radical (unpaired) electrons. The van der Waals surface area contributed by atoms with Crippen LogP contribution in [0.1, 0.15) is 35.1 Å². The third-order valence-electron chi connectivity index (χ3n) is 5.74. The number of hydrogen-bond acceptors (Lipinski definition) is 3. The molecular formula is C24H18F5NO2S. The van der Waals surface area contributed by atoms with E-state index in [4.69, 9.17) is 0 Å². The molecule has 1 aromatic heterocycles. The number of carboxylic acid groups (broad SMARTS) is 1. The zero-order valence-electron chi connectivity index (χ0n) is 17.3. The van der Waals surface area contributed by atoms with Crippen LogP contribution in [0.3, 0.4) is 0 Å². The first kappa shape index (κ1) is 23.2. The lowest BCUT2D eigenvalue weighted by atomic mass is 9.95. The molecule has 1 N–H and O–H groups in total. The standard InChI is InChI=1S/C24H18F5NO2S/c1-12-7-14-9-20(30-10-16(14)21(12)23(31)32)33-11-15-8-13(5-6-18(15)25)22-17(24(27,28)29)3-2-4-19(22)26/h2-6,8-10,12,21H,7,11H2,1H3,(H,31,32). The third-order valence-corrected chi connectivity index (χ3v) is 6.71. The normalized spacial score (nSPS) is 17.8. The molecule has 9 heteroatoms. The van der Waals surface area contributed by atoms with Gasteiger partial charge >= 0.3 is 12.1 Å². The number of aromatic nitrogens is 1. The number of halogens is 5. The van der Waals surface area contributed by atoms with E-state index < -0.39 is 40.8 Å². The SMILES string of the molecule is CC1Cc2cc(SCc3cc(-c4c(F)cccc4C(F)(F)F)ccc3F)ncc2C1C(=O)O. The van der Waals surface area contributed by atoms with Crippen LogP contribution in [-0.2, 0) is 23.1 Å². The van der Waals surface area contributed by atoms with Crippen LogP contribution in [0.25, 0.3) is 11.1 Å². The van der Waals surface area contributed by atoms with Gasteiger partial charge in [0.2, 0.25) is 0 Å². The molecule has 33 heavy (non-hydrogen) atoms. The average Bonchev–Trinajstić information content (AvgIpc) is 3.07. The van der Waals surface area contributed by atoms with Crippen LogP contribution < -0.4 is 0 Å². The number of pyridine rings is 1. The Kier molecular flexibility index (Phi) is 6.18. The molecule has 1 aliphatic rings. The van der Waals surface area contributed by atoms with Gasteiger partial charge in [0.05, 0.1) is 16.5 Å². The molecule has 3 aromatic rings. The van der Waals surface area contributed by atoms with Gasteiger partial charge in [0.25, 0.3) is 0 Å². The fourth-order valence-corrected chi connectivity index (χ4v) is 5.09. The molecule has 1 heterocycles. The Balaban J connectivity index is 1.61. The fourth-order valence-electron chi connectivity index (χ4n) is 4.22. The molecule has 0 fully saturated rings. The summed E-state index contributed by atoms with van der Waals surface area (Å²) >= 11 is 1.17. The van der Waals surface area contributed by atoms with E-state index in [1.807, 2.05) is 6.92 Å². The first-order valence-electron chi connectivity index (χ1n) is 10.0. The summed E-state index contributed by atoms with van der Waals surface area (Å²) in [6.45, 7) is 1.85.